The van der Waals surface area contributed by atoms with Crippen LogP contribution in [0.4, 0.5) is 0 Å². The molecule has 4 nitrogen and oxygen atoms in total. The Morgan fingerprint density at radius 1 is 1.37 bits per heavy atom. The zero-order valence-corrected chi connectivity index (χ0v) is 11.6. The quantitative estimate of drug-likeness (QED) is 0.829. The number of nitrogens with one attached hydrogen (secondary N) is 1. The van der Waals surface area contributed by atoms with Gasteiger partial charge in [0.15, 0.2) is 0 Å². The molecule has 0 aliphatic rings. The smallest absolute Gasteiger partial charge is 0.119 e. The van der Waals surface area contributed by atoms with Crippen molar-refractivity contribution in [2.75, 3.05) is 13.2 Å². The van der Waals surface area contributed by atoms with Gasteiger partial charge in [0.1, 0.15) is 18.2 Å². The van der Waals surface area contributed by atoms with Crippen molar-refractivity contribution in [2.45, 2.75) is 26.9 Å². The summed E-state index contributed by atoms with van der Waals surface area (Å²) in [5.74, 6) is 1.94. The first-order chi connectivity index (χ1) is 9.29. The van der Waals surface area contributed by atoms with Crippen LogP contribution < -0.4 is 10.1 Å². The number of ether oxygens (including phenoxy) is 1. The molecule has 0 saturated heterocycles. The average molecular weight is 259 g/mol. The Labute approximate surface area is 114 Å². The predicted molar refractivity (Wildman–Crippen MR) is 76.3 cm³/mol. The number of aryl methyl sites for hydroxylation is 1. The van der Waals surface area contributed by atoms with E-state index in [1.807, 2.05) is 31.5 Å². The number of hydrogen-bond donors (Lipinski definition) is 1. The third kappa shape index (κ3) is 4.10. The average Bonchev–Trinajstić information content (AvgIpc) is 2.83. The topological polar surface area (TPSA) is 39.1 Å². The van der Waals surface area contributed by atoms with E-state index in [-0.39, 0.29) is 0 Å². The van der Waals surface area contributed by atoms with Crippen LogP contribution in [-0.4, -0.2) is 22.7 Å². The molecule has 19 heavy (non-hydrogen) atoms. The zero-order valence-electron chi connectivity index (χ0n) is 11.6. The highest BCUT2D eigenvalue weighted by atomic mass is 16.5. The van der Waals surface area contributed by atoms with Crippen molar-refractivity contribution >= 4 is 0 Å². The first-order valence-electron chi connectivity index (χ1n) is 6.70. The largest absolute Gasteiger partial charge is 0.492 e. The molecule has 2 rings (SSSR count). The highest BCUT2D eigenvalue weighted by Gasteiger charge is 1.99. The van der Waals surface area contributed by atoms with Crippen molar-refractivity contribution in [3.05, 3.63) is 48.0 Å². The summed E-state index contributed by atoms with van der Waals surface area (Å²) < 4.78 is 7.86. The molecular weight excluding hydrogens is 238 g/mol. The third-order valence-electron chi connectivity index (χ3n) is 3.00. The van der Waals surface area contributed by atoms with Crippen molar-refractivity contribution < 1.29 is 4.74 Å². The summed E-state index contributed by atoms with van der Waals surface area (Å²) in [4.78, 5) is 4.19. The van der Waals surface area contributed by atoms with E-state index in [0.717, 1.165) is 31.2 Å². The van der Waals surface area contributed by atoms with Gasteiger partial charge in [-0.2, -0.15) is 0 Å². The van der Waals surface area contributed by atoms with Crippen LogP contribution in [0.15, 0.2) is 36.7 Å². The number of hydrogen-bond acceptors (Lipinski definition) is 3. The lowest BCUT2D eigenvalue weighted by molar-refractivity contribution is 0.296. The van der Waals surface area contributed by atoms with E-state index in [4.69, 9.17) is 4.74 Å². The molecule has 102 valence electrons. The number of aromatic nitrogens is 2. The third-order valence-corrected chi connectivity index (χ3v) is 3.00. The minimum Gasteiger partial charge on any atom is -0.492 e. The fourth-order valence-electron chi connectivity index (χ4n) is 1.92. The summed E-state index contributed by atoms with van der Waals surface area (Å²) >= 11 is 0. The minimum atomic E-state index is 0.655. The van der Waals surface area contributed by atoms with Crippen molar-refractivity contribution in [3.63, 3.8) is 0 Å². The Kier molecular flexibility index (Phi) is 4.98. The van der Waals surface area contributed by atoms with Gasteiger partial charge in [-0.05, 0) is 31.2 Å². The summed E-state index contributed by atoms with van der Waals surface area (Å²) in [6.07, 6.45) is 3.78. The van der Waals surface area contributed by atoms with Crippen LogP contribution in [0, 0.1) is 6.92 Å². The molecule has 1 heterocycles. The Bertz CT molecular complexity index is 508. The lowest BCUT2D eigenvalue weighted by Gasteiger charge is -2.09. The molecule has 1 N–H and O–H groups in total. The molecule has 0 saturated carbocycles. The number of benzene rings is 1. The lowest BCUT2D eigenvalue weighted by atomic mass is 10.2. The molecule has 0 fully saturated rings. The van der Waals surface area contributed by atoms with E-state index in [9.17, 15) is 0 Å². The van der Waals surface area contributed by atoms with Crippen LogP contribution in [0.5, 0.6) is 5.75 Å². The van der Waals surface area contributed by atoms with Crippen molar-refractivity contribution in [1.29, 1.82) is 0 Å². The Balaban J connectivity index is 1.84. The molecule has 0 amide bonds. The van der Waals surface area contributed by atoms with E-state index in [0.29, 0.717) is 6.61 Å². The van der Waals surface area contributed by atoms with Crippen molar-refractivity contribution in [1.82, 2.24) is 14.9 Å². The van der Waals surface area contributed by atoms with Crippen LogP contribution in [0.1, 0.15) is 18.3 Å². The van der Waals surface area contributed by atoms with Crippen LogP contribution >= 0.6 is 0 Å². The molecule has 4 heteroatoms. The number of imidazole rings is 1. The lowest BCUT2D eigenvalue weighted by Crippen LogP contribution is -2.12. The number of rotatable bonds is 7. The van der Waals surface area contributed by atoms with Gasteiger partial charge >= 0.3 is 0 Å². The van der Waals surface area contributed by atoms with E-state index in [1.165, 1.54) is 5.56 Å². The maximum atomic E-state index is 5.78. The summed E-state index contributed by atoms with van der Waals surface area (Å²) in [6.45, 7) is 7.44. The van der Waals surface area contributed by atoms with Gasteiger partial charge in [-0.25, -0.2) is 4.98 Å². The van der Waals surface area contributed by atoms with E-state index < -0.39 is 0 Å². The highest BCUT2D eigenvalue weighted by Crippen LogP contribution is 2.13. The van der Waals surface area contributed by atoms with Gasteiger partial charge in [0, 0.05) is 18.9 Å². The van der Waals surface area contributed by atoms with E-state index >= 15 is 0 Å². The molecule has 1 aromatic carbocycles. The molecule has 0 bridgehead atoms. The first-order valence-corrected chi connectivity index (χ1v) is 6.70. The fraction of sp³-hybridized carbons (Fsp3) is 0.400. The minimum absolute atomic E-state index is 0.655. The predicted octanol–water partition coefficient (Wildman–Crippen LogP) is 2.38. The van der Waals surface area contributed by atoms with E-state index in [1.54, 1.807) is 0 Å². The first kappa shape index (κ1) is 13.6. The summed E-state index contributed by atoms with van der Waals surface area (Å²) in [5, 5.41) is 3.31. The van der Waals surface area contributed by atoms with Gasteiger partial charge in [0.2, 0.25) is 0 Å². The molecule has 0 radical (unpaired) electrons. The molecule has 0 aliphatic carbocycles. The number of nitrogens with zero attached hydrogens (tertiary/aromatic N) is 2. The van der Waals surface area contributed by atoms with Gasteiger partial charge in [0.25, 0.3) is 0 Å². The highest BCUT2D eigenvalue weighted by molar-refractivity contribution is 5.28. The molecule has 0 spiro atoms. The fourth-order valence-corrected chi connectivity index (χ4v) is 1.92. The summed E-state index contributed by atoms with van der Waals surface area (Å²) in [6, 6.07) is 8.22. The maximum absolute atomic E-state index is 5.78. The van der Waals surface area contributed by atoms with Gasteiger partial charge in [-0.15, -0.1) is 0 Å². The summed E-state index contributed by atoms with van der Waals surface area (Å²) in [5.41, 5.74) is 1.25. The van der Waals surface area contributed by atoms with Crippen molar-refractivity contribution in [3.8, 4) is 5.75 Å². The molecule has 0 aliphatic heterocycles. The standard InChI is InChI=1S/C15H21N3O/c1-3-16-12-14-5-4-6-15(11-14)19-10-9-18-8-7-17-13(18)2/h4-8,11,16H,3,9-10,12H2,1-2H3. The molecule has 2 aromatic rings. The zero-order chi connectivity index (χ0) is 13.5. The molecular formula is C15H21N3O. The Morgan fingerprint density at radius 2 is 2.26 bits per heavy atom. The second-order valence-electron chi connectivity index (χ2n) is 4.44. The monoisotopic (exact) mass is 259 g/mol. The van der Waals surface area contributed by atoms with Gasteiger partial charge in [-0.3, -0.25) is 0 Å². The Morgan fingerprint density at radius 3 is 3.00 bits per heavy atom. The normalized spacial score (nSPS) is 10.6. The van der Waals surface area contributed by atoms with Crippen molar-refractivity contribution in [2.24, 2.45) is 0 Å². The molecule has 1 aromatic heterocycles. The summed E-state index contributed by atoms with van der Waals surface area (Å²) in [7, 11) is 0. The van der Waals surface area contributed by atoms with Crippen LogP contribution in [0.2, 0.25) is 0 Å². The van der Waals surface area contributed by atoms with Gasteiger partial charge in [-0.1, -0.05) is 19.1 Å². The SMILES string of the molecule is CCNCc1cccc(OCCn2ccnc2C)c1. The molecule has 0 atom stereocenters. The van der Waals surface area contributed by atoms with Gasteiger partial charge < -0.3 is 14.6 Å². The van der Waals surface area contributed by atoms with Crippen LogP contribution in [0.3, 0.4) is 0 Å². The Hall–Kier alpha value is -1.81. The van der Waals surface area contributed by atoms with E-state index in [2.05, 4.69) is 33.9 Å². The second-order valence-corrected chi connectivity index (χ2v) is 4.44. The maximum Gasteiger partial charge on any atom is 0.119 e. The van der Waals surface area contributed by atoms with Gasteiger partial charge in [0.05, 0.1) is 6.54 Å². The molecule has 0 unspecified atom stereocenters. The van der Waals surface area contributed by atoms with Crippen LogP contribution in [-0.2, 0) is 13.1 Å². The second kappa shape index (κ2) is 6.95. The van der Waals surface area contributed by atoms with Crippen LogP contribution in [0.25, 0.3) is 0 Å².